The molecule has 0 spiro atoms. The number of rotatable bonds is 0. The van der Waals surface area contributed by atoms with Gasteiger partial charge in [-0.2, -0.15) is 5.10 Å². The Bertz CT molecular complexity index is 543. The number of benzene rings is 1. The molecule has 15 heavy (non-hydrogen) atoms. The average molecular weight is 219 g/mol. The quantitative estimate of drug-likeness (QED) is 0.676. The van der Waals surface area contributed by atoms with Crippen LogP contribution in [-0.2, 0) is 0 Å². The van der Waals surface area contributed by atoms with E-state index >= 15 is 0 Å². The summed E-state index contributed by atoms with van der Waals surface area (Å²) >= 11 is 6.10. The molecule has 0 saturated heterocycles. The van der Waals surface area contributed by atoms with Gasteiger partial charge in [-0.25, -0.2) is 0 Å². The number of hydrogen-bond acceptors (Lipinski definition) is 1. The summed E-state index contributed by atoms with van der Waals surface area (Å²) in [6, 6.07) is 3.81. The van der Waals surface area contributed by atoms with Crippen molar-refractivity contribution in [3.05, 3.63) is 28.9 Å². The summed E-state index contributed by atoms with van der Waals surface area (Å²) in [6.07, 6.45) is 1.75. The number of aromatic amines is 1. The van der Waals surface area contributed by atoms with E-state index in [1.807, 2.05) is 12.1 Å². The molecule has 0 fully saturated rings. The van der Waals surface area contributed by atoms with Crippen molar-refractivity contribution in [1.82, 2.24) is 10.2 Å². The maximum atomic E-state index is 6.10. The summed E-state index contributed by atoms with van der Waals surface area (Å²) < 4.78 is 0. The van der Waals surface area contributed by atoms with E-state index in [2.05, 4.69) is 35.9 Å². The van der Waals surface area contributed by atoms with Gasteiger partial charge in [0.2, 0.25) is 0 Å². The topological polar surface area (TPSA) is 28.7 Å². The molecule has 2 aromatic rings. The Hall–Kier alpha value is -1.46. The monoisotopic (exact) mass is 218 g/mol. The molecule has 0 bridgehead atoms. The molecule has 0 aliphatic rings. The molecule has 1 heterocycles. The molecule has 0 atom stereocenters. The molecular formula is C12H11ClN2. The highest BCUT2D eigenvalue weighted by Crippen LogP contribution is 2.21. The van der Waals surface area contributed by atoms with E-state index in [-0.39, 0.29) is 0 Å². The Morgan fingerprint density at radius 3 is 2.93 bits per heavy atom. The predicted octanol–water partition coefficient (Wildman–Crippen LogP) is 3.22. The van der Waals surface area contributed by atoms with Crippen LogP contribution in [-0.4, -0.2) is 10.2 Å². The molecule has 0 unspecified atom stereocenters. The van der Waals surface area contributed by atoms with Gasteiger partial charge in [-0.3, -0.25) is 5.10 Å². The van der Waals surface area contributed by atoms with Gasteiger partial charge in [0.15, 0.2) is 0 Å². The lowest BCUT2D eigenvalue weighted by Gasteiger charge is -1.96. The number of H-pyrrole nitrogens is 1. The normalized spacial score (nSPS) is 10.4. The summed E-state index contributed by atoms with van der Waals surface area (Å²) in [4.78, 5) is 0. The second-order valence-corrected chi connectivity index (χ2v) is 4.12. The van der Waals surface area contributed by atoms with Crippen LogP contribution in [0.1, 0.15) is 19.4 Å². The van der Waals surface area contributed by atoms with Crippen molar-refractivity contribution in [2.75, 3.05) is 0 Å². The van der Waals surface area contributed by atoms with Crippen LogP contribution in [0.15, 0.2) is 18.3 Å². The zero-order valence-corrected chi connectivity index (χ0v) is 9.39. The first-order chi connectivity index (χ1) is 7.16. The number of aromatic nitrogens is 2. The van der Waals surface area contributed by atoms with Crippen molar-refractivity contribution in [3.63, 3.8) is 0 Å². The van der Waals surface area contributed by atoms with Gasteiger partial charge in [0.1, 0.15) is 0 Å². The molecule has 76 valence electrons. The van der Waals surface area contributed by atoms with Gasteiger partial charge in [0.05, 0.1) is 16.7 Å². The van der Waals surface area contributed by atoms with E-state index in [9.17, 15) is 0 Å². The second kappa shape index (κ2) is 3.96. The highest BCUT2D eigenvalue weighted by molar-refractivity contribution is 6.32. The summed E-state index contributed by atoms with van der Waals surface area (Å²) in [7, 11) is 0. The number of hydrogen-bond donors (Lipinski definition) is 1. The van der Waals surface area contributed by atoms with Gasteiger partial charge in [-0.05, 0) is 12.1 Å². The third-order valence-electron chi connectivity index (χ3n) is 2.02. The van der Waals surface area contributed by atoms with Crippen molar-refractivity contribution >= 4 is 22.5 Å². The Labute approximate surface area is 93.6 Å². The highest BCUT2D eigenvalue weighted by Gasteiger charge is 2.02. The first-order valence-corrected chi connectivity index (χ1v) is 5.19. The van der Waals surface area contributed by atoms with Crippen LogP contribution in [0.3, 0.4) is 0 Å². The van der Waals surface area contributed by atoms with Crippen LogP contribution in [0.4, 0.5) is 0 Å². The van der Waals surface area contributed by atoms with Crippen LogP contribution in [0.2, 0.25) is 5.02 Å². The predicted molar refractivity (Wildman–Crippen MR) is 62.8 cm³/mol. The smallest absolute Gasteiger partial charge is 0.0663 e. The first kappa shape index (κ1) is 10.1. The van der Waals surface area contributed by atoms with Gasteiger partial charge in [0.25, 0.3) is 0 Å². The van der Waals surface area contributed by atoms with E-state index in [1.54, 1.807) is 6.20 Å². The number of fused-ring (bicyclic) bond motifs is 1. The van der Waals surface area contributed by atoms with Crippen molar-refractivity contribution in [2.45, 2.75) is 13.8 Å². The summed E-state index contributed by atoms with van der Waals surface area (Å²) in [5.41, 5.74) is 1.81. The summed E-state index contributed by atoms with van der Waals surface area (Å²) in [5, 5.41) is 8.53. The first-order valence-electron chi connectivity index (χ1n) is 4.81. The number of halogens is 1. The molecule has 2 nitrogen and oxygen atoms in total. The van der Waals surface area contributed by atoms with E-state index in [0.29, 0.717) is 10.9 Å². The minimum Gasteiger partial charge on any atom is -0.278 e. The lowest BCUT2D eigenvalue weighted by Crippen LogP contribution is -1.82. The van der Waals surface area contributed by atoms with Gasteiger partial charge >= 0.3 is 0 Å². The zero-order chi connectivity index (χ0) is 10.8. The van der Waals surface area contributed by atoms with Gasteiger partial charge < -0.3 is 0 Å². The van der Waals surface area contributed by atoms with Crippen LogP contribution < -0.4 is 0 Å². The standard InChI is InChI=1S/C12H11ClN2/c1-8(2)3-4-9-6-12-10(5-11(9)13)7-14-15-12/h5-8H,1-2H3,(H,14,15). The van der Waals surface area contributed by atoms with Gasteiger partial charge in [0, 0.05) is 16.9 Å². The second-order valence-electron chi connectivity index (χ2n) is 3.71. The minimum atomic E-state index is 0.346. The van der Waals surface area contributed by atoms with Crippen LogP contribution >= 0.6 is 11.6 Å². The molecule has 0 amide bonds. The highest BCUT2D eigenvalue weighted by atomic mass is 35.5. The molecule has 1 aromatic carbocycles. The van der Waals surface area contributed by atoms with Gasteiger partial charge in [-0.1, -0.05) is 37.3 Å². The Kier molecular flexibility index (Phi) is 2.66. The van der Waals surface area contributed by atoms with Crippen molar-refractivity contribution < 1.29 is 0 Å². The van der Waals surface area contributed by atoms with E-state index < -0.39 is 0 Å². The molecule has 0 aliphatic heterocycles. The molecule has 0 aliphatic carbocycles. The minimum absolute atomic E-state index is 0.346. The number of nitrogens with zero attached hydrogens (tertiary/aromatic N) is 1. The fourth-order valence-electron chi connectivity index (χ4n) is 1.28. The largest absolute Gasteiger partial charge is 0.278 e. The van der Waals surface area contributed by atoms with E-state index in [0.717, 1.165) is 16.5 Å². The van der Waals surface area contributed by atoms with Crippen LogP contribution in [0.25, 0.3) is 10.9 Å². The number of nitrogens with one attached hydrogen (secondary N) is 1. The Morgan fingerprint density at radius 1 is 1.40 bits per heavy atom. The molecular weight excluding hydrogens is 208 g/mol. The Morgan fingerprint density at radius 2 is 2.20 bits per heavy atom. The summed E-state index contributed by atoms with van der Waals surface area (Å²) in [5.74, 6) is 6.50. The molecule has 0 saturated carbocycles. The van der Waals surface area contributed by atoms with Crippen LogP contribution in [0.5, 0.6) is 0 Å². The van der Waals surface area contributed by atoms with Crippen molar-refractivity contribution in [2.24, 2.45) is 5.92 Å². The Balaban J connectivity index is 2.52. The fourth-order valence-corrected chi connectivity index (χ4v) is 1.50. The molecule has 2 rings (SSSR count). The van der Waals surface area contributed by atoms with Crippen LogP contribution in [0, 0.1) is 17.8 Å². The third kappa shape index (κ3) is 2.14. The zero-order valence-electron chi connectivity index (χ0n) is 8.63. The third-order valence-corrected chi connectivity index (χ3v) is 2.34. The molecule has 3 heteroatoms. The fraction of sp³-hybridized carbons (Fsp3) is 0.250. The van der Waals surface area contributed by atoms with Crippen molar-refractivity contribution in [1.29, 1.82) is 0 Å². The average Bonchev–Trinajstić information content (AvgIpc) is 2.60. The van der Waals surface area contributed by atoms with E-state index in [4.69, 9.17) is 11.6 Å². The molecule has 0 radical (unpaired) electrons. The maximum Gasteiger partial charge on any atom is 0.0663 e. The molecule has 1 N–H and O–H groups in total. The SMILES string of the molecule is CC(C)C#Cc1cc2[nH]ncc2cc1Cl. The maximum absolute atomic E-state index is 6.10. The van der Waals surface area contributed by atoms with E-state index in [1.165, 1.54) is 0 Å². The lowest BCUT2D eigenvalue weighted by atomic mass is 10.1. The van der Waals surface area contributed by atoms with Crippen molar-refractivity contribution in [3.8, 4) is 11.8 Å². The van der Waals surface area contributed by atoms with Gasteiger partial charge in [-0.15, -0.1) is 0 Å². The lowest BCUT2D eigenvalue weighted by molar-refractivity contribution is 0.866. The summed E-state index contributed by atoms with van der Waals surface area (Å²) in [6.45, 7) is 4.10. The molecule has 1 aromatic heterocycles.